The molecule has 0 radical (unpaired) electrons. The molecule has 1 atom stereocenters. The Morgan fingerprint density at radius 3 is 2.79 bits per heavy atom. The van der Waals surface area contributed by atoms with Gasteiger partial charge < -0.3 is 4.57 Å². The zero-order valence-electron chi connectivity index (χ0n) is 10.8. The van der Waals surface area contributed by atoms with Crippen molar-refractivity contribution in [3.63, 3.8) is 0 Å². The van der Waals surface area contributed by atoms with Crippen LogP contribution in [0.5, 0.6) is 0 Å². The second-order valence-electron chi connectivity index (χ2n) is 4.50. The standard InChI is InChI=1S/C13H14ClN5/c1-9(14)13-16-10-5-3-4-6-11(10)19(13)7-12-15-8-18(2)17-12/h3-6,8-9H,7H2,1-2H3. The maximum Gasteiger partial charge on any atom is 0.170 e. The minimum Gasteiger partial charge on any atom is -0.319 e. The highest BCUT2D eigenvalue weighted by Crippen LogP contribution is 2.24. The molecule has 0 aliphatic carbocycles. The van der Waals surface area contributed by atoms with Crippen LogP contribution in [0.1, 0.15) is 23.9 Å². The molecule has 0 fully saturated rings. The number of rotatable bonds is 3. The number of hydrogen-bond acceptors (Lipinski definition) is 3. The summed E-state index contributed by atoms with van der Waals surface area (Å²) in [5, 5.41) is 4.15. The van der Waals surface area contributed by atoms with Gasteiger partial charge in [0.25, 0.3) is 0 Å². The summed E-state index contributed by atoms with van der Waals surface area (Å²) in [5.74, 6) is 1.60. The molecule has 1 unspecified atom stereocenters. The van der Waals surface area contributed by atoms with E-state index in [2.05, 4.69) is 19.6 Å². The Morgan fingerprint density at radius 1 is 1.32 bits per heavy atom. The second kappa shape index (κ2) is 4.66. The molecular formula is C13H14ClN5. The van der Waals surface area contributed by atoms with Crippen LogP contribution in [0.25, 0.3) is 11.0 Å². The number of imidazole rings is 1. The van der Waals surface area contributed by atoms with Crippen LogP contribution in [0.15, 0.2) is 30.6 Å². The van der Waals surface area contributed by atoms with Crippen molar-refractivity contribution in [2.45, 2.75) is 18.8 Å². The molecule has 1 aromatic carbocycles. The molecule has 5 nitrogen and oxygen atoms in total. The van der Waals surface area contributed by atoms with Gasteiger partial charge in [-0.3, -0.25) is 4.68 Å². The Labute approximate surface area is 115 Å². The number of fused-ring (bicyclic) bond motifs is 1. The van der Waals surface area contributed by atoms with Crippen LogP contribution in [0.4, 0.5) is 0 Å². The lowest BCUT2D eigenvalue weighted by Gasteiger charge is -2.08. The Balaban J connectivity index is 2.12. The van der Waals surface area contributed by atoms with Crippen LogP contribution < -0.4 is 0 Å². The van der Waals surface area contributed by atoms with Gasteiger partial charge in [0.1, 0.15) is 12.2 Å². The summed E-state index contributed by atoms with van der Waals surface area (Å²) in [7, 11) is 1.85. The van der Waals surface area contributed by atoms with E-state index >= 15 is 0 Å². The normalized spacial score (nSPS) is 13.0. The van der Waals surface area contributed by atoms with Crippen LogP contribution in [-0.2, 0) is 13.6 Å². The highest BCUT2D eigenvalue weighted by Gasteiger charge is 2.15. The van der Waals surface area contributed by atoms with Crippen LogP contribution in [0.2, 0.25) is 0 Å². The van der Waals surface area contributed by atoms with Gasteiger partial charge >= 0.3 is 0 Å². The topological polar surface area (TPSA) is 48.5 Å². The summed E-state index contributed by atoms with van der Waals surface area (Å²) >= 11 is 6.22. The fourth-order valence-electron chi connectivity index (χ4n) is 2.16. The van der Waals surface area contributed by atoms with Crippen molar-refractivity contribution in [2.24, 2.45) is 7.05 Å². The first-order valence-electron chi connectivity index (χ1n) is 6.09. The highest BCUT2D eigenvalue weighted by atomic mass is 35.5. The lowest BCUT2D eigenvalue weighted by atomic mass is 10.3. The fraction of sp³-hybridized carbons (Fsp3) is 0.308. The van der Waals surface area contributed by atoms with E-state index in [0.29, 0.717) is 6.54 Å². The molecule has 0 saturated heterocycles. The molecule has 6 heteroatoms. The fourth-order valence-corrected chi connectivity index (χ4v) is 2.33. The first kappa shape index (κ1) is 12.2. The van der Waals surface area contributed by atoms with E-state index < -0.39 is 0 Å². The van der Waals surface area contributed by atoms with Gasteiger partial charge in [-0.25, -0.2) is 9.97 Å². The summed E-state index contributed by atoms with van der Waals surface area (Å²) < 4.78 is 3.76. The van der Waals surface area contributed by atoms with E-state index in [1.165, 1.54) is 0 Å². The van der Waals surface area contributed by atoms with Crippen LogP contribution in [-0.4, -0.2) is 24.3 Å². The Morgan fingerprint density at radius 2 is 2.11 bits per heavy atom. The minimum atomic E-state index is -0.156. The molecular weight excluding hydrogens is 262 g/mol. The largest absolute Gasteiger partial charge is 0.319 e. The van der Waals surface area contributed by atoms with Gasteiger partial charge in [-0.2, -0.15) is 5.10 Å². The van der Waals surface area contributed by atoms with Gasteiger partial charge in [0.15, 0.2) is 5.82 Å². The summed E-state index contributed by atoms with van der Waals surface area (Å²) in [6.07, 6.45) is 1.69. The molecule has 0 spiro atoms. The SMILES string of the molecule is CC(Cl)c1nc2ccccc2n1Cc1ncn(C)n1. The quantitative estimate of drug-likeness (QED) is 0.690. The number of hydrogen-bond donors (Lipinski definition) is 0. The van der Waals surface area contributed by atoms with Gasteiger partial charge in [0.2, 0.25) is 0 Å². The number of alkyl halides is 1. The Kier molecular flexibility index (Phi) is 2.98. The van der Waals surface area contributed by atoms with Gasteiger partial charge in [-0.15, -0.1) is 11.6 Å². The monoisotopic (exact) mass is 275 g/mol. The molecule has 98 valence electrons. The molecule has 2 heterocycles. The molecule has 0 aliphatic heterocycles. The van der Waals surface area contributed by atoms with E-state index in [1.54, 1.807) is 11.0 Å². The van der Waals surface area contributed by atoms with Crippen LogP contribution in [0.3, 0.4) is 0 Å². The first-order valence-corrected chi connectivity index (χ1v) is 6.52. The third-order valence-corrected chi connectivity index (χ3v) is 3.18. The average molecular weight is 276 g/mol. The Bertz CT molecular complexity index is 713. The second-order valence-corrected chi connectivity index (χ2v) is 5.15. The molecule has 19 heavy (non-hydrogen) atoms. The van der Waals surface area contributed by atoms with Gasteiger partial charge in [0.05, 0.1) is 23.0 Å². The summed E-state index contributed by atoms with van der Waals surface area (Å²) in [6, 6.07) is 7.99. The molecule has 0 N–H and O–H groups in total. The zero-order valence-corrected chi connectivity index (χ0v) is 11.5. The molecule has 3 rings (SSSR count). The van der Waals surface area contributed by atoms with E-state index in [1.807, 2.05) is 38.2 Å². The lowest BCUT2D eigenvalue weighted by Crippen LogP contribution is -2.07. The maximum absolute atomic E-state index is 6.22. The van der Waals surface area contributed by atoms with Crippen molar-refractivity contribution in [3.05, 3.63) is 42.2 Å². The van der Waals surface area contributed by atoms with Crippen LogP contribution >= 0.6 is 11.6 Å². The van der Waals surface area contributed by atoms with Crippen molar-refractivity contribution in [1.29, 1.82) is 0 Å². The predicted octanol–water partition coefficient (Wildman–Crippen LogP) is 2.51. The van der Waals surface area contributed by atoms with Gasteiger partial charge in [-0.05, 0) is 19.1 Å². The third-order valence-electron chi connectivity index (χ3n) is 2.99. The van der Waals surface area contributed by atoms with E-state index in [0.717, 1.165) is 22.7 Å². The first-order chi connectivity index (χ1) is 9.15. The number of nitrogens with zero attached hydrogens (tertiary/aromatic N) is 5. The lowest BCUT2D eigenvalue weighted by molar-refractivity contribution is 0.684. The van der Waals surface area contributed by atoms with Crippen molar-refractivity contribution in [2.75, 3.05) is 0 Å². The smallest absolute Gasteiger partial charge is 0.170 e. The molecule has 0 aliphatic rings. The van der Waals surface area contributed by atoms with Crippen molar-refractivity contribution in [1.82, 2.24) is 24.3 Å². The molecule has 2 aromatic heterocycles. The molecule has 0 saturated carbocycles. The van der Waals surface area contributed by atoms with Gasteiger partial charge in [-0.1, -0.05) is 12.1 Å². The number of halogens is 1. The summed E-state index contributed by atoms with van der Waals surface area (Å²) in [4.78, 5) is 8.84. The molecule has 0 bridgehead atoms. The van der Waals surface area contributed by atoms with E-state index in [4.69, 9.17) is 11.6 Å². The molecule has 0 amide bonds. The average Bonchev–Trinajstić information content (AvgIpc) is 2.95. The highest BCUT2D eigenvalue weighted by molar-refractivity contribution is 6.20. The number of benzene rings is 1. The third kappa shape index (κ3) is 2.21. The van der Waals surface area contributed by atoms with Crippen molar-refractivity contribution < 1.29 is 0 Å². The summed E-state index contributed by atoms with van der Waals surface area (Å²) in [5.41, 5.74) is 2.00. The molecule has 3 aromatic rings. The van der Waals surface area contributed by atoms with Crippen molar-refractivity contribution >= 4 is 22.6 Å². The van der Waals surface area contributed by atoms with Crippen LogP contribution in [0, 0.1) is 0 Å². The van der Waals surface area contributed by atoms with Crippen molar-refractivity contribution in [3.8, 4) is 0 Å². The summed E-state index contributed by atoms with van der Waals surface area (Å²) in [6.45, 7) is 2.50. The number of para-hydroxylation sites is 2. The minimum absolute atomic E-state index is 0.156. The van der Waals surface area contributed by atoms with Gasteiger partial charge in [0, 0.05) is 7.05 Å². The van der Waals surface area contributed by atoms with E-state index in [-0.39, 0.29) is 5.38 Å². The Hall–Kier alpha value is -1.88. The maximum atomic E-state index is 6.22. The predicted molar refractivity (Wildman–Crippen MR) is 74.1 cm³/mol. The zero-order chi connectivity index (χ0) is 13.4. The van der Waals surface area contributed by atoms with E-state index in [9.17, 15) is 0 Å². The number of aryl methyl sites for hydroxylation is 1. The number of aromatic nitrogens is 5.